The molecule has 2 bridgehead atoms. The maximum atomic E-state index is 5.63. The number of fused-ring (bicyclic) bond motifs is 3. The van der Waals surface area contributed by atoms with Crippen LogP contribution in [0.5, 0.6) is 0 Å². The van der Waals surface area contributed by atoms with E-state index in [-0.39, 0.29) is 0 Å². The van der Waals surface area contributed by atoms with E-state index in [0.717, 1.165) is 18.9 Å². The zero-order chi connectivity index (χ0) is 9.26. The lowest BCUT2D eigenvalue weighted by atomic mass is 9.79. The molecule has 2 N–H and O–H groups in total. The summed E-state index contributed by atoms with van der Waals surface area (Å²) in [6, 6.07) is 0.600. The van der Waals surface area contributed by atoms with Crippen LogP contribution in [0.1, 0.15) is 19.3 Å². The molecule has 76 valence electrons. The van der Waals surface area contributed by atoms with Gasteiger partial charge in [-0.15, -0.1) is 0 Å². The van der Waals surface area contributed by atoms with Crippen molar-refractivity contribution in [3.8, 4) is 0 Å². The molecule has 3 aliphatic rings. The Kier molecular flexibility index (Phi) is 2.86. The Balaban J connectivity index is 2.05. The van der Waals surface area contributed by atoms with Gasteiger partial charge in [0, 0.05) is 13.2 Å². The van der Waals surface area contributed by atoms with Crippen LogP contribution in [0.15, 0.2) is 0 Å². The molecular formula is C10H20N2O. The van der Waals surface area contributed by atoms with Gasteiger partial charge in [-0.05, 0) is 44.8 Å². The summed E-state index contributed by atoms with van der Waals surface area (Å²) in [5, 5.41) is 0. The molecule has 3 fully saturated rings. The van der Waals surface area contributed by atoms with E-state index >= 15 is 0 Å². The second-order valence-corrected chi connectivity index (χ2v) is 4.22. The van der Waals surface area contributed by atoms with E-state index in [0.29, 0.717) is 12.1 Å². The lowest BCUT2D eigenvalue weighted by Gasteiger charge is -2.50. The molecular weight excluding hydrogens is 164 g/mol. The SMILES string of the molecule is COC1C2CCN(CC2)C1CCN. The third kappa shape index (κ3) is 1.60. The number of rotatable bonds is 3. The van der Waals surface area contributed by atoms with Crippen LogP contribution < -0.4 is 5.73 Å². The van der Waals surface area contributed by atoms with Crippen LogP contribution in [0.4, 0.5) is 0 Å². The molecule has 0 amide bonds. The number of piperidine rings is 3. The van der Waals surface area contributed by atoms with Crippen molar-refractivity contribution in [2.45, 2.75) is 31.4 Å². The van der Waals surface area contributed by atoms with Gasteiger partial charge in [-0.2, -0.15) is 0 Å². The molecule has 0 aromatic rings. The van der Waals surface area contributed by atoms with Crippen LogP contribution in [-0.2, 0) is 4.74 Å². The first-order valence-corrected chi connectivity index (χ1v) is 5.33. The van der Waals surface area contributed by atoms with Crippen LogP contribution in [-0.4, -0.2) is 43.8 Å². The number of methoxy groups -OCH3 is 1. The van der Waals surface area contributed by atoms with Gasteiger partial charge in [0.15, 0.2) is 0 Å². The summed E-state index contributed by atoms with van der Waals surface area (Å²) in [6.07, 6.45) is 4.18. The van der Waals surface area contributed by atoms with E-state index in [1.807, 2.05) is 7.11 Å². The Morgan fingerprint density at radius 2 is 2.08 bits per heavy atom. The van der Waals surface area contributed by atoms with E-state index in [1.165, 1.54) is 25.9 Å². The van der Waals surface area contributed by atoms with Gasteiger partial charge < -0.3 is 10.5 Å². The molecule has 0 radical (unpaired) electrons. The Labute approximate surface area is 80.2 Å². The zero-order valence-corrected chi connectivity index (χ0v) is 8.41. The van der Waals surface area contributed by atoms with E-state index in [2.05, 4.69) is 4.90 Å². The molecule has 3 nitrogen and oxygen atoms in total. The highest BCUT2D eigenvalue weighted by Crippen LogP contribution is 2.34. The predicted molar refractivity (Wildman–Crippen MR) is 52.6 cm³/mol. The average molecular weight is 184 g/mol. The minimum atomic E-state index is 0.450. The fraction of sp³-hybridized carbons (Fsp3) is 1.00. The summed E-state index contributed by atoms with van der Waals surface area (Å²) >= 11 is 0. The van der Waals surface area contributed by atoms with Gasteiger partial charge in [-0.1, -0.05) is 0 Å². The molecule has 3 saturated heterocycles. The lowest BCUT2D eigenvalue weighted by molar-refractivity contribution is -0.0938. The van der Waals surface area contributed by atoms with Gasteiger partial charge in [0.05, 0.1) is 6.10 Å². The highest BCUT2D eigenvalue weighted by molar-refractivity contribution is 4.95. The minimum absolute atomic E-state index is 0.450. The second kappa shape index (κ2) is 3.95. The molecule has 0 spiro atoms. The van der Waals surface area contributed by atoms with Gasteiger partial charge in [-0.25, -0.2) is 0 Å². The Morgan fingerprint density at radius 1 is 1.38 bits per heavy atom. The monoisotopic (exact) mass is 184 g/mol. The lowest BCUT2D eigenvalue weighted by Crippen LogP contribution is -2.58. The van der Waals surface area contributed by atoms with Gasteiger partial charge in [-0.3, -0.25) is 4.90 Å². The van der Waals surface area contributed by atoms with Crippen LogP contribution in [0.3, 0.4) is 0 Å². The van der Waals surface area contributed by atoms with Crippen LogP contribution in [0, 0.1) is 5.92 Å². The number of hydrogen-bond donors (Lipinski definition) is 1. The average Bonchev–Trinajstić information content (AvgIpc) is 2.20. The highest BCUT2D eigenvalue weighted by atomic mass is 16.5. The van der Waals surface area contributed by atoms with Crippen molar-refractivity contribution in [2.75, 3.05) is 26.7 Å². The van der Waals surface area contributed by atoms with Gasteiger partial charge in [0.1, 0.15) is 0 Å². The van der Waals surface area contributed by atoms with Gasteiger partial charge in [0.25, 0.3) is 0 Å². The molecule has 0 aliphatic carbocycles. The number of hydrogen-bond acceptors (Lipinski definition) is 3. The third-order valence-corrected chi connectivity index (χ3v) is 3.62. The summed E-state index contributed by atoms with van der Waals surface area (Å²) in [5.74, 6) is 0.798. The maximum Gasteiger partial charge on any atom is 0.0755 e. The van der Waals surface area contributed by atoms with E-state index in [9.17, 15) is 0 Å². The van der Waals surface area contributed by atoms with Crippen molar-refractivity contribution >= 4 is 0 Å². The number of nitrogens with two attached hydrogens (primary N) is 1. The van der Waals surface area contributed by atoms with Gasteiger partial charge >= 0.3 is 0 Å². The molecule has 2 unspecified atom stereocenters. The first-order chi connectivity index (χ1) is 6.36. The fourth-order valence-electron chi connectivity index (χ4n) is 2.97. The Morgan fingerprint density at radius 3 is 2.62 bits per heavy atom. The molecule has 2 atom stereocenters. The second-order valence-electron chi connectivity index (χ2n) is 4.22. The van der Waals surface area contributed by atoms with Crippen molar-refractivity contribution in [2.24, 2.45) is 11.7 Å². The largest absolute Gasteiger partial charge is 0.380 e. The molecule has 3 heterocycles. The van der Waals surface area contributed by atoms with Crippen LogP contribution in [0.25, 0.3) is 0 Å². The first-order valence-electron chi connectivity index (χ1n) is 5.33. The minimum Gasteiger partial charge on any atom is -0.380 e. The summed E-state index contributed by atoms with van der Waals surface area (Å²) in [5.41, 5.74) is 5.63. The maximum absolute atomic E-state index is 5.63. The Hall–Kier alpha value is -0.120. The van der Waals surface area contributed by atoms with Gasteiger partial charge in [0.2, 0.25) is 0 Å². The third-order valence-electron chi connectivity index (χ3n) is 3.62. The molecule has 3 heteroatoms. The molecule has 3 aliphatic heterocycles. The molecule has 0 aromatic heterocycles. The predicted octanol–water partition coefficient (Wildman–Crippen LogP) is 0.444. The van der Waals surface area contributed by atoms with E-state index < -0.39 is 0 Å². The van der Waals surface area contributed by atoms with Crippen molar-refractivity contribution in [1.82, 2.24) is 4.90 Å². The Bertz CT molecular complexity index is 166. The normalized spacial score (nSPS) is 43.8. The van der Waals surface area contributed by atoms with E-state index in [4.69, 9.17) is 10.5 Å². The molecule has 0 aromatic carbocycles. The topological polar surface area (TPSA) is 38.5 Å². The summed E-state index contributed by atoms with van der Waals surface area (Å²) in [4.78, 5) is 2.56. The number of nitrogens with zero attached hydrogens (tertiary/aromatic N) is 1. The quantitative estimate of drug-likeness (QED) is 0.692. The van der Waals surface area contributed by atoms with E-state index in [1.54, 1.807) is 0 Å². The van der Waals surface area contributed by atoms with Crippen LogP contribution in [0.2, 0.25) is 0 Å². The standard InChI is InChI=1S/C10H20N2O/c1-13-10-8-3-6-12(7-4-8)9(10)2-5-11/h8-10H,2-7,11H2,1H3. The van der Waals surface area contributed by atoms with Crippen molar-refractivity contribution < 1.29 is 4.74 Å². The summed E-state index contributed by atoms with van der Waals surface area (Å²) in [6.45, 7) is 3.30. The van der Waals surface area contributed by atoms with Crippen molar-refractivity contribution in [3.05, 3.63) is 0 Å². The summed E-state index contributed by atoms with van der Waals surface area (Å²) in [7, 11) is 1.84. The summed E-state index contributed by atoms with van der Waals surface area (Å²) < 4.78 is 5.59. The van der Waals surface area contributed by atoms with Crippen LogP contribution >= 0.6 is 0 Å². The molecule has 3 rings (SSSR count). The van der Waals surface area contributed by atoms with Crippen molar-refractivity contribution in [3.63, 3.8) is 0 Å². The number of ether oxygens (including phenoxy) is 1. The first kappa shape index (κ1) is 9.44. The van der Waals surface area contributed by atoms with Crippen molar-refractivity contribution in [1.29, 1.82) is 0 Å². The zero-order valence-electron chi connectivity index (χ0n) is 8.41. The smallest absolute Gasteiger partial charge is 0.0755 e. The fourth-order valence-corrected chi connectivity index (χ4v) is 2.97. The highest BCUT2D eigenvalue weighted by Gasteiger charge is 2.41. The molecule has 0 saturated carbocycles. The molecule has 13 heavy (non-hydrogen) atoms.